The predicted octanol–water partition coefficient (Wildman–Crippen LogP) is 3.52. The molecule has 0 radical (unpaired) electrons. The number of pyridine rings is 1. The van der Waals surface area contributed by atoms with Crippen LogP contribution < -0.4 is 4.74 Å². The first-order valence-corrected chi connectivity index (χ1v) is 6.62. The van der Waals surface area contributed by atoms with Gasteiger partial charge < -0.3 is 9.47 Å². The van der Waals surface area contributed by atoms with Gasteiger partial charge in [0.05, 0.1) is 26.2 Å². The predicted molar refractivity (Wildman–Crippen MR) is 71.6 cm³/mol. The van der Waals surface area contributed by atoms with Crippen LogP contribution >= 0.6 is 0 Å². The zero-order chi connectivity index (χ0) is 12.8. The molecule has 2 rings (SSSR count). The molecule has 3 nitrogen and oxygen atoms in total. The van der Waals surface area contributed by atoms with Gasteiger partial charge in [0.2, 0.25) is 0 Å². The van der Waals surface area contributed by atoms with E-state index in [0.29, 0.717) is 11.8 Å². The van der Waals surface area contributed by atoms with Crippen molar-refractivity contribution in [1.82, 2.24) is 4.98 Å². The first-order chi connectivity index (χ1) is 8.85. The lowest BCUT2D eigenvalue weighted by Gasteiger charge is -2.06. The lowest BCUT2D eigenvalue weighted by Crippen LogP contribution is -1.97. The Bertz CT molecular complexity index is 403. The first kappa shape index (κ1) is 12.9. The number of methoxy groups -OCH3 is 1. The molecule has 1 aromatic heterocycles. The van der Waals surface area contributed by atoms with Crippen LogP contribution in [0, 0.1) is 5.92 Å². The minimum atomic E-state index is 0.582. The molecule has 1 saturated carbocycles. The van der Waals surface area contributed by atoms with Gasteiger partial charge in [0.1, 0.15) is 5.75 Å². The third-order valence-corrected chi connectivity index (χ3v) is 3.23. The number of allylic oxidation sites excluding steroid dienone is 1. The molecule has 1 heterocycles. The summed E-state index contributed by atoms with van der Waals surface area (Å²) in [5, 5.41) is 0. The average molecular weight is 247 g/mol. The SMILES string of the molecule is CCCCOc1cncc([C@H]2C[C@@H]2C=COC)c1. The van der Waals surface area contributed by atoms with Crippen LogP contribution in [-0.4, -0.2) is 18.7 Å². The molecule has 1 aliphatic carbocycles. The van der Waals surface area contributed by atoms with Gasteiger partial charge in [0, 0.05) is 6.20 Å². The molecule has 0 saturated heterocycles. The summed E-state index contributed by atoms with van der Waals surface area (Å²) in [4.78, 5) is 4.26. The van der Waals surface area contributed by atoms with Gasteiger partial charge in [-0.25, -0.2) is 0 Å². The largest absolute Gasteiger partial charge is 0.505 e. The molecule has 1 fully saturated rings. The van der Waals surface area contributed by atoms with Gasteiger partial charge in [-0.05, 0) is 42.4 Å². The van der Waals surface area contributed by atoms with Crippen molar-refractivity contribution in [2.45, 2.75) is 32.1 Å². The summed E-state index contributed by atoms with van der Waals surface area (Å²) in [5.74, 6) is 2.07. The van der Waals surface area contributed by atoms with Gasteiger partial charge in [0.25, 0.3) is 0 Å². The Morgan fingerprint density at radius 1 is 1.44 bits per heavy atom. The van der Waals surface area contributed by atoms with Crippen molar-refractivity contribution in [1.29, 1.82) is 0 Å². The number of nitrogens with zero attached hydrogens (tertiary/aromatic N) is 1. The van der Waals surface area contributed by atoms with Crippen LogP contribution in [-0.2, 0) is 4.74 Å². The Kier molecular flexibility index (Phi) is 4.62. The second-order valence-electron chi connectivity index (χ2n) is 4.73. The topological polar surface area (TPSA) is 31.4 Å². The highest BCUT2D eigenvalue weighted by Gasteiger charge is 2.36. The molecular weight excluding hydrogens is 226 g/mol. The van der Waals surface area contributed by atoms with Crippen LogP contribution in [0.15, 0.2) is 30.8 Å². The van der Waals surface area contributed by atoms with Crippen molar-refractivity contribution in [3.05, 3.63) is 36.4 Å². The number of hydrogen-bond acceptors (Lipinski definition) is 3. The molecule has 3 heteroatoms. The summed E-state index contributed by atoms with van der Waals surface area (Å²) in [6, 6.07) is 2.12. The quantitative estimate of drug-likeness (QED) is 0.545. The zero-order valence-corrected chi connectivity index (χ0v) is 11.1. The summed E-state index contributed by atoms with van der Waals surface area (Å²) in [7, 11) is 1.68. The molecule has 2 atom stereocenters. The molecule has 1 aliphatic rings. The van der Waals surface area contributed by atoms with Gasteiger partial charge in [-0.3, -0.25) is 4.98 Å². The third kappa shape index (κ3) is 3.49. The standard InChI is InChI=1S/C15H21NO2/c1-3-4-6-18-14-8-13(10-16-11-14)15-9-12(15)5-7-17-2/h5,7-8,10-12,15H,3-4,6,9H2,1-2H3/t12-,15-/m0/s1. The Labute approximate surface area is 109 Å². The van der Waals surface area contributed by atoms with Gasteiger partial charge in [-0.1, -0.05) is 13.3 Å². The summed E-state index contributed by atoms with van der Waals surface area (Å²) in [5.41, 5.74) is 1.27. The maximum atomic E-state index is 5.68. The maximum absolute atomic E-state index is 5.68. The van der Waals surface area contributed by atoms with Crippen LogP contribution in [0.4, 0.5) is 0 Å². The molecule has 0 amide bonds. The highest BCUT2D eigenvalue weighted by atomic mass is 16.5. The smallest absolute Gasteiger partial charge is 0.137 e. The molecule has 18 heavy (non-hydrogen) atoms. The van der Waals surface area contributed by atoms with E-state index in [-0.39, 0.29) is 0 Å². The fourth-order valence-corrected chi connectivity index (χ4v) is 2.04. The van der Waals surface area contributed by atoms with E-state index in [4.69, 9.17) is 9.47 Å². The molecule has 0 N–H and O–H groups in total. The van der Waals surface area contributed by atoms with E-state index in [1.807, 2.05) is 6.20 Å². The van der Waals surface area contributed by atoms with E-state index in [9.17, 15) is 0 Å². The average Bonchev–Trinajstić information content (AvgIpc) is 3.17. The van der Waals surface area contributed by atoms with Crippen molar-refractivity contribution in [2.24, 2.45) is 5.92 Å². The second-order valence-corrected chi connectivity index (χ2v) is 4.73. The lowest BCUT2D eigenvalue weighted by atomic mass is 10.1. The second kappa shape index (κ2) is 6.43. The molecule has 98 valence electrons. The van der Waals surface area contributed by atoms with Crippen molar-refractivity contribution in [3.63, 3.8) is 0 Å². The Hall–Kier alpha value is -1.51. The third-order valence-electron chi connectivity index (χ3n) is 3.23. The number of ether oxygens (including phenoxy) is 2. The molecule has 0 aromatic carbocycles. The van der Waals surface area contributed by atoms with Crippen molar-refractivity contribution >= 4 is 0 Å². The van der Waals surface area contributed by atoms with E-state index < -0.39 is 0 Å². The number of rotatable bonds is 7. The van der Waals surface area contributed by atoms with Crippen LogP contribution in [0.1, 0.15) is 37.7 Å². The molecule has 0 bridgehead atoms. The number of hydrogen-bond donors (Lipinski definition) is 0. The molecule has 1 aromatic rings. The number of aromatic nitrogens is 1. The Balaban J connectivity index is 1.90. The Morgan fingerprint density at radius 2 is 2.33 bits per heavy atom. The highest BCUT2D eigenvalue weighted by Crippen LogP contribution is 2.48. The van der Waals surface area contributed by atoms with Crippen LogP contribution in [0.3, 0.4) is 0 Å². The van der Waals surface area contributed by atoms with Crippen molar-refractivity contribution in [3.8, 4) is 5.75 Å². The van der Waals surface area contributed by atoms with E-state index in [1.54, 1.807) is 19.6 Å². The van der Waals surface area contributed by atoms with Crippen LogP contribution in [0.2, 0.25) is 0 Å². The van der Waals surface area contributed by atoms with Gasteiger partial charge in [-0.2, -0.15) is 0 Å². The monoisotopic (exact) mass is 247 g/mol. The summed E-state index contributed by atoms with van der Waals surface area (Å²) >= 11 is 0. The van der Waals surface area contributed by atoms with E-state index in [0.717, 1.165) is 25.2 Å². The zero-order valence-electron chi connectivity index (χ0n) is 11.1. The van der Waals surface area contributed by atoms with Crippen molar-refractivity contribution in [2.75, 3.05) is 13.7 Å². The molecule has 0 aliphatic heterocycles. The highest BCUT2D eigenvalue weighted by molar-refractivity contribution is 5.31. The lowest BCUT2D eigenvalue weighted by molar-refractivity contribution is 0.308. The normalized spacial score (nSPS) is 22.1. The van der Waals surface area contributed by atoms with Crippen LogP contribution in [0.5, 0.6) is 5.75 Å². The molecular formula is C15H21NO2. The summed E-state index contributed by atoms with van der Waals surface area (Å²) in [6.45, 7) is 2.94. The molecule has 0 spiro atoms. The summed E-state index contributed by atoms with van der Waals surface area (Å²) in [6.07, 6.45) is 11.0. The van der Waals surface area contributed by atoms with E-state index >= 15 is 0 Å². The van der Waals surface area contributed by atoms with E-state index in [2.05, 4.69) is 24.1 Å². The Morgan fingerprint density at radius 3 is 3.11 bits per heavy atom. The minimum absolute atomic E-state index is 0.582. The number of unbranched alkanes of at least 4 members (excludes halogenated alkanes) is 1. The van der Waals surface area contributed by atoms with Crippen LogP contribution in [0.25, 0.3) is 0 Å². The van der Waals surface area contributed by atoms with Crippen molar-refractivity contribution < 1.29 is 9.47 Å². The van der Waals surface area contributed by atoms with E-state index in [1.165, 1.54) is 12.0 Å². The first-order valence-electron chi connectivity index (χ1n) is 6.62. The maximum Gasteiger partial charge on any atom is 0.137 e. The van der Waals surface area contributed by atoms with Gasteiger partial charge in [0.15, 0.2) is 0 Å². The minimum Gasteiger partial charge on any atom is -0.505 e. The van der Waals surface area contributed by atoms with Gasteiger partial charge >= 0.3 is 0 Å². The molecule has 0 unspecified atom stereocenters. The van der Waals surface area contributed by atoms with Gasteiger partial charge in [-0.15, -0.1) is 0 Å². The fraction of sp³-hybridized carbons (Fsp3) is 0.533. The summed E-state index contributed by atoms with van der Waals surface area (Å²) < 4.78 is 10.6. The fourth-order valence-electron chi connectivity index (χ4n) is 2.04.